The van der Waals surface area contributed by atoms with Crippen molar-refractivity contribution in [2.45, 2.75) is 18.2 Å². The van der Waals surface area contributed by atoms with Crippen LogP contribution < -0.4 is 10.5 Å². The number of hydrogen-bond acceptors (Lipinski definition) is 5. The standard InChI is InChI=1S/C13H15N3O4S/c1-9-12(8-16-20-9)13(17)15-7-6-10-2-4-11(5-3-10)21(14,18)19/h2-5,8H,6-7H2,1H3,(H,15,17)(H2,14,18,19). The van der Waals surface area contributed by atoms with Crippen LogP contribution in [-0.2, 0) is 16.4 Å². The van der Waals surface area contributed by atoms with Crippen molar-refractivity contribution >= 4 is 15.9 Å². The van der Waals surface area contributed by atoms with Crippen LogP contribution in [0.4, 0.5) is 0 Å². The Bertz CT molecular complexity index is 735. The molecule has 0 fully saturated rings. The molecular weight excluding hydrogens is 294 g/mol. The topological polar surface area (TPSA) is 115 Å². The number of benzene rings is 1. The molecule has 7 nitrogen and oxygen atoms in total. The predicted octanol–water partition coefficient (Wildman–Crippen LogP) is 0.603. The van der Waals surface area contributed by atoms with Gasteiger partial charge >= 0.3 is 0 Å². The van der Waals surface area contributed by atoms with Gasteiger partial charge in [-0.15, -0.1) is 0 Å². The first-order valence-corrected chi connectivity index (χ1v) is 7.74. The Hall–Kier alpha value is -2.19. The van der Waals surface area contributed by atoms with Crippen LogP contribution in [0.15, 0.2) is 39.9 Å². The number of aryl methyl sites for hydroxylation is 1. The molecule has 0 aliphatic heterocycles. The molecule has 0 spiro atoms. The highest BCUT2D eigenvalue weighted by Gasteiger charge is 2.12. The fourth-order valence-electron chi connectivity index (χ4n) is 1.78. The van der Waals surface area contributed by atoms with Gasteiger partial charge in [-0.1, -0.05) is 17.3 Å². The van der Waals surface area contributed by atoms with Crippen molar-refractivity contribution in [2.24, 2.45) is 5.14 Å². The van der Waals surface area contributed by atoms with Gasteiger partial charge in [0.05, 0.1) is 11.1 Å². The Morgan fingerprint density at radius 2 is 2.00 bits per heavy atom. The maximum atomic E-state index is 11.8. The molecule has 112 valence electrons. The molecule has 0 aliphatic carbocycles. The minimum atomic E-state index is -3.68. The van der Waals surface area contributed by atoms with Gasteiger partial charge in [0.1, 0.15) is 11.3 Å². The highest BCUT2D eigenvalue weighted by Crippen LogP contribution is 2.09. The lowest BCUT2D eigenvalue weighted by Crippen LogP contribution is -2.25. The first kappa shape index (κ1) is 15.2. The molecule has 21 heavy (non-hydrogen) atoms. The average molecular weight is 309 g/mol. The van der Waals surface area contributed by atoms with Crippen LogP contribution in [0.1, 0.15) is 21.7 Å². The van der Waals surface area contributed by atoms with Gasteiger partial charge in [-0.3, -0.25) is 4.79 Å². The van der Waals surface area contributed by atoms with Crippen LogP contribution in [0.25, 0.3) is 0 Å². The summed E-state index contributed by atoms with van der Waals surface area (Å²) in [7, 11) is -3.68. The summed E-state index contributed by atoms with van der Waals surface area (Å²) < 4.78 is 27.0. The minimum absolute atomic E-state index is 0.0652. The Morgan fingerprint density at radius 1 is 1.33 bits per heavy atom. The van der Waals surface area contributed by atoms with E-state index in [9.17, 15) is 13.2 Å². The third kappa shape index (κ3) is 3.89. The maximum absolute atomic E-state index is 11.8. The number of hydrogen-bond donors (Lipinski definition) is 2. The van der Waals surface area contributed by atoms with E-state index in [1.807, 2.05) is 0 Å². The van der Waals surface area contributed by atoms with Gasteiger partial charge < -0.3 is 9.84 Å². The van der Waals surface area contributed by atoms with Crippen molar-refractivity contribution in [3.8, 4) is 0 Å². The van der Waals surface area contributed by atoms with E-state index in [-0.39, 0.29) is 10.8 Å². The summed E-state index contributed by atoms with van der Waals surface area (Å²) in [5.41, 5.74) is 1.30. The van der Waals surface area contributed by atoms with Crippen LogP contribution in [0, 0.1) is 6.92 Å². The molecule has 1 aromatic heterocycles. The van der Waals surface area contributed by atoms with Crippen molar-refractivity contribution in [2.75, 3.05) is 6.54 Å². The molecule has 0 saturated heterocycles. The lowest BCUT2D eigenvalue weighted by Gasteiger charge is -2.05. The van der Waals surface area contributed by atoms with Crippen LogP contribution in [0.2, 0.25) is 0 Å². The van der Waals surface area contributed by atoms with Crippen molar-refractivity contribution in [1.29, 1.82) is 0 Å². The fourth-order valence-corrected chi connectivity index (χ4v) is 2.29. The molecular formula is C13H15N3O4S. The van der Waals surface area contributed by atoms with E-state index in [4.69, 9.17) is 9.66 Å². The highest BCUT2D eigenvalue weighted by atomic mass is 32.2. The number of nitrogens with two attached hydrogens (primary N) is 1. The van der Waals surface area contributed by atoms with Gasteiger partial charge in [0.25, 0.3) is 5.91 Å². The summed E-state index contributed by atoms with van der Waals surface area (Å²) in [4.78, 5) is 11.9. The number of carbonyl (C=O) groups is 1. The zero-order valence-electron chi connectivity index (χ0n) is 11.4. The number of sulfonamides is 1. The lowest BCUT2D eigenvalue weighted by molar-refractivity contribution is 0.0952. The van der Waals surface area contributed by atoms with Gasteiger partial charge in [-0.25, -0.2) is 13.6 Å². The second kappa shape index (κ2) is 6.06. The molecule has 1 aromatic carbocycles. The first-order chi connectivity index (χ1) is 9.88. The van der Waals surface area contributed by atoms with E-state index in [1.165, 1.54) is 18.3 Å². The molecule has 2 rings (SSSR count). The number of rotatable bonds is 5. The van der Waals surface area contributed by atoms with E-state index < -0.39 is 10.0 Å². The van der Waals surface area contributed by atoms with E-state index in [0.29, 0.717) is 24.3 Å². The quantitative estimate of drug-likeness (QED) is 0.839. The zero-order valence-corrected chi connectivity index (χ0v) is 12.2. The largest absolute Gasteiger partial charge is 0.361 e. The van der Waals surface area contributed by atoms with Crippen molar-refractivity contribution in [1.82, 2.24) is 10.5 Å². The summed E-state index contributed by atoms with van der Waals surface area (Å²) in [6, 6.07) is 6.21. The molecule has 0 unspecified atom stereocenters. The molecule has 8 heteroatoms. The van der Waals surface area contributed by atoms with Gasteiger partial charge in [0, 0.05) is 6.54 Å². The fraction of sp³-hybridized carbons (Fsp3) is 0.231. The van der Waals surface area contributed by atoms with E-state index in [0.717, 1.165) is 5.56 Å². The van der Waals surface area contributed by atoms with Crippen LogP contribution in [0.3, 0.4) is 0 Å². The Balaban J connectivity index is 1.89. The third-order valence-corrected chi connectivity index (χ3v) is 3.88. The smallest absolute Gasteiger partial charge is 0.256 e. The third-order valence-electron chi connectivity index (χ3n) is 2.95. The summed E-state index contributed by atoms with van der Waals surface area (Å²) in [6.07, 6.45) is 1.94. The second-order valence-corrected chi connectivity index (χ2v) is 6.05. The van der Waals surface area contributed by atoms with Crippen molar-refractivity contribution in [3.05, 3.63) is 47.3 Å². The molecule has 0 bridgehead atoms. The molecule has 0 saturated carbocycles. The first-order valence-electron chi connectivity index (χ1n) is 6.19. The zero-order chi connectivity index (χ0) is 15.5. The molecule has 3 N–H and O–H groups in total. The van der Waals surface area contributed by atoms with Gasteiger partial charge in [0.15, 0.2) is 0 Å². The number of nitrogens with zero attached hydrogens (tertiary/aromatic N) is 1. The lowest BCUT2D eigenvalue weighted by atomic mass is 10.1. The summed E-state index contributed by atoms with van der Waals surface area (Å²) >= 11 is 0. The number of carbonyl (C=O) groups excluding carboxylic acids is 1. The van der Waals surface area contributed by atoms with E-state index in [1.54, 1.807) is 19.1 Å². The monoisotopic (exact) mass is 309 g/mol. The van der Waals surface area contributed by atoms with E-state index in [2.05, 4.69) is 10.5 Å². The summed E-state index contributed by atoms with van der Waals surface area (Å²) in [5.74, 6) is 0.208. The molecule has 1 amide bonds. The number of nitrogens with one attached hydrogen (secondary N) is 1. The van der Waals surface area contributed by atoms with Crippen LogP contribution >= 0.6 is 0 Å². The van der Waals surface area contributed by atoms with Crippen molar-refractivity contribution in [3.63, 3.8) is 0 Å². The normalized spacial score (nSPS) is 11.3. The predicted molar refractivity (Wildman–Crippen MR) is 75.1 cm³/mol. The van der Waals surface area contributed by atoms with E-state index >= 15 is 0 Å². The van der Waals surface area contributed by atoms with Crippen LogP contribution in [-0.4, -0.2) is 26.0 Å². The average Bonchev–Trinajstić information content (AvgIpc) is 2.84. The summed E-state index contributed by atoms with van der Waals surface area (Å²) in [5, 5.41) is 11.3. The van der Waals surface area contributed by atoms with Gasteiger partial charge in [0.2, 0.25) is 10.0 Å². The maximum Gasteiger partial charge on any atom is 0.256 e. The highest BCUT2D eigenvalue weighted by molar-refractivity contribution is 7.89. The molecule has 0 radical (unpaired) electrons. The number of amides is 1. The van der Waals surface area contributed by atoms with Gasteiger partial charge in [-0.05, 0) is 31.0 Å². The summed E-state index contributed by atoms with van der Waals surface area (Å²) in [6.45, 7) is 2.08. The minimum Gasteiger partial charge on any atom is -0.361 e. The number of primary sulfonamides is 1. The second-order valence-electron chi connectivity index (χ2n) is 4.49. The number of aromatic nitrogens is 1. The van der Waals surface area contributed by atoms with Crippen LogP contribution in [0.5, 0.6) is 0 Å². The Kier molecular flexibility index (Phi) is 4.39. The molecule has 1 heterocycles. The molecule has 0 aliphatic rings. The molecule has 0 atom stereocenters. The van der Waals surface area contributed by atoms with Gasteiger partial charge in [-0.2, -0.15) is 0 Å². The van der Waals surface area contributed by atoms with Crippen molar-refractivity contribution < 1.29 is 17.7 Å². The SMILES string of the molecule is Cc1oncc1C(=O)NCCc1ccc(S(N)(=O)=O)cc1. The Morgan fingerprint density at radius 3 is 2.52 bits per heavy atom. The molecule has 2 aromatic rings. The Labute approximate surface area is 122 Å².